The van der Waals surface area contributed by atoms with E-state index in [0.717, 1.165) is 23.3 Å². The molecule has 5 nitrogen and oxygen atoms in total. The third kappa shape index (κ3) is 3.66. The third-order valence-corrected chi connectivity index (χ3v) is 5.25. The standard InChI is InChI=1S/C21H21F3N4O/c1-14-6-7-18-25-15(2)19(28(18)13-14)20(29)27-10-8-26(9-11-27)17-5-3-4-16(12-17)21(22,23)24/h3-7,12-13H,8-11H2,1-2H3. The van der Waals surface area contributed by atoms with E-state index in [2.05, 4.69) is 4.98 Å². The van der Waals surface area contributed by atoms with Crippen LogP contribution in [-0.4, -0.2) is 46.4 Å². The van der Waals surface area contributed by atoms with Gasteiger partial charge in [0.25, 0.3) is 5.91 Å². The summed E-state index contributed by atoms with van der Waals surface area (Å²) >= 11 is 0. The predicted octanol–water partition coefficient (Wildman–Crippen LogP) is 3.93. The number of rotatable bonds is 2. The largest absolute Gasteiger partial charge is 0.416 e. The van der Waals surface area contributed by atoms with E-state index >= 15 is 0 Å². The van der Waals surface area contributed by atoms with Crippen LogP contribution in [0.25, 0.3) is 5.65 Å². The van der Waals surface area contributed by atoms with Crippen molar-refractivity contribution in [1.82, 2.24) is 14.3 Å². The Hall–Kier alpha value is -3.03. The molecule has 2 aromatic heterocycles. The van der Waals surface area contributed by atoms with Gasteiger partial charge in [-0.3, -0.25) is 9.20 Å². The van der Waals surface area contributed by atoms with Crippen molar-refractivity contribution in [3.63, 3.8) is 0 Å². The van der Waals surface area contributed by atoms with Crippen molar-refractivity contribution in [3.8, 4) is 0 Å². The molecule has 1 aliphatic rings. The van der Waals surface area contributed by atoms with Crippen molar-refractivity contribution >= 4 is 17.2 Å². The summed E-state index contributed by atoms with van der Waals surface area (Å²) in [6, 6.07) is 9.14. The van der Waals surface area contributed by atoms with E-state index in [-0.39, 0.29) is 5.91 Å². The number of alkyl halides is 3. The molecule has 0 unspecified atom stereocenters. The lowest BCUT2D eigenvalue weighted by Gasteiger charge is -2.36. The van der Waals surface area contributed by atoms with Gasteiger partial charge in [-0.15, -0.1) is 0 Å². The lowest BCUT2D eigenvalue weighted by Crippen LogP contribution is -2.49. The van der Waals surface area contributed by atoms with Crippen LogP contribution in [0.4, 0.5) is 18.9 Å². The molecular formula is C21H21F3N4O. The number of piperazine rings is 1. The summed E-state index contributed by atoms with van der Waals surface area (Å²) in [6.45, 7) is 5.59. The van der Waals surface area contributed by atoms with E-state index < -0.39 is 11.7 Å². The fourth-order valence-electron chi connectivity index (χ4n) is 3.72. The van der Waals surface area contributed by atoms with Crippen LogP contribution in [0.2, 0.25) is 0 Å². The lowest BCUT2D eigenvalue weighted by molar-refractivity contribution is -0.137. The van der Waals surface area contributed by atoms with Crippen LogP contribution < -0.4 is 4.90 Å². The van der Waals surface area contributed by atoms with Gasteiger partial charge in [-0.05, 0) is 43.7 Å². The molecule has 0 bridgehead atoms. The predicted molar refractivity (Wildman–Crippen MR) is 104 cm³/mol. The number of aromatic nitrogens is 2. The number of carbonyl (C=O) groups is 1. The first-order valence-electron chi connectivity index (χ1n) is 9.41. The number of aryl methyl sites for hydroxylation is 2. The zero-order valence-electron chi connectivity index (χ0n) is 16.2. The van der Waals surface area contributed by atoms with Gasteiger partial charge in [0, 0.05) is 38.1 Å². The minimum Gasteiger partial charge on any atom is -0.368 e. The molecule has 1 saturated heterocycles. The van der Waals surface area contributed by atoms with Crippen molar-refractivity contribution in [2.24, 2.45) is 0 Å². The summed E-state index contributed by atoms with van der Waals surface area (Å²) in [5.41, 5.74) is 2.81. The van der Waals surface area contributed by atoms with Crippen LogP contribution in [0.15, 0.2) is 42.6 Å². The highest BCUT2D eigenvalue weighted by Crippen LogP contribution is 2.32. The molecule has 29 heavy (non-hydrogen) atoms. The average Bonchev–Trinajstić information content (AvgIpc) is 3.02. The summed E-state index contributed by atoms with van der Waals surface area (Å²) in [7, 11) is 0. The number of fused-ring (bicyclic) bond motifs is 1. The number of amides is 1. The second kappa shape index (κ2) is 7.09. The van der Waals surface area contributed by atoms with Gasteiger partial charge in [0.05, 0.1) is 11.3 Å². The molecule has 0 N–H and O–H groups in total. The van der Waals surface area contributed by atoms with Crippen LogP contribution >= 0.6 is 0 Å². The molecule has 1 aromatic carbocycles. The molecule has 152 valence electrons. The van der Waals surface area contributed by atoms with Gasteiger partial charge >= 0.3 is 6.18 Å². The first-order chi connectivity index (χ1) is 13.7. The van der Waals surface area contributed by atoms with Crippen LogP contribution in [0.5, 0.6) is 0 Å². The number of anilines is 1. The maximum atomic E-state index is 13.1. The first-order valence-corrected chi connectivity index (χ1v) is 9.41. The van der Waals surface area contributed by atoms with Crippen molar-refractivity contribution in [2.45, 2.75) is 20.0 Å². The summed E-state index contributed by atoms with van der Waals surface area (Å²) in [4.78, 5) is 21.2. The van der Waals surface area contributed by atoms with Gasteiger partial charge in [0.15, 0.2) is 0 Å². The third-order valence-electron chi connectivity index (χ3n) is 5.25. The van der Waals surface area contributed by atoms with Crippen LogP contribution in [0.3, 0.4) is 0 Å². The van der Waals surface area contributed by atoms with Gasteiger partial charge in [0.2, 0.25) is 0 Å². The molecule has 0 radical (unpaired) electrons. The zero-order valence-corrected chi connectivity index (χ0v) is 16.2. The van der Waals surface area contributed by atoms with E-state index in [1.54, 1.807) is 11.0 Å². The van der Waals surface area contributed by atoms with Gasteiger partial charge < -0.3 is 9.80 Å². The quantitative estimate of drug-likeness (QED) is 0.652. The number of halogens is 3. The van der Waals surface area contributed by atoms with Crippen LogP contribution in [0.1, 0.15) is 27.3 Å². The first kappa shape index (κ1) is 19.3. The Balaban J connectivity index is 1.51. The highest BCUT2D eigenvalue weighted by atomic mass is 19.4. The Labute approximate surface area is 166 Å². The molecule has 0 atom stereocenters. The number of nitrogens with zero attached hydrogens (tertiary/aromatic N) is 4. The van der Waals surface area contributed by atoms with Crippen molar-refractivity contribution in [3.05, 3.63) is 65.1 Å². The molecule has 3 heterocycles. The fourth-order valence-corrected chi connectivity index (χ4v) is 3.72. The normalized spacial score (nSPS) is 15.2. The molecule has 0 aliphatic carbocycles. The summed E-state index contributed by atoms with van der Waals surface area (Å²) in [5, 5.41) is 0. The summed E-state index contributed by atoms with van der Waals surface area (Å²) in [5.74, 6) is -0.107. The fraction of sp³-hybridized carbons (Fsp3) is 0.333. The molecular weight excluding hydrogens is 381 g/mol. The number of hydrogen-bond donors (Lipinski definition) is 0. The van der Waals surface area contributed by atoms with Crippen LogP contribution in [-0.2, 0) is 6.18 Å². The molecule has 1 amide bonds. The highest BCUT2D eigenvalue weighted by Gasteiger charge is 2.31. The molecule has 3 aromatic rings. The van der Waals surface area contributed by atoms with E-state index in [0.29, 0.717) is 43.3 Å². The Morgan fingerprint density at radius 2 is 1.76 bits per heavy atom. The van der Waals surface area contributed by atoms with Gasteiger partial charge in [-0.2, -0.15) is 13.2 Å². The Morgan fingerprint density at radius 3 is 2.45 bits per heavy atom. The minimum absolute atomic E-state index is 0.107. The molecule has 0 spiro atoms. The number of hydrogen-bond acceptors (Lipinski definition) is 3. The van der Waals surface area contributed by atoms with Crippen molar-refractivity contribution < 1.29 is 18.0 Å². The summed E-state index contributed by atoms with van der Waals surface area (Å²) in [6.07, 6.45) is -2.48. The minimum atomic E-state index is -4.37. The van der Waals surface area contributed by atoms with Gasteiger partial charge in [0.1, 0.15) is 11.3 Å². The maximum absolute atomic E-state index is 13.1. The Kier molecular flexibility index (Phi) is 4.72. The van der Waals surface area contributed by atoms with E-state index in [1.165, 1.54) is 6.07 Å². The number of benzene rings is 1. The molecule has 1 fully saturated rings. The second-order valence-electron chi connectivity index (χ2n) is 7.31. The van der Waals surface area contributed by atoms with Crippen LogP contribution in [0, 0.1) is 13.8 Å². The monoisotopic (exact) mass is 402 g/mol. The SMILES string of the molecule is Cc1ccc2nc(C)c(C(=O)N3CCN(c4cccc(C(F)(F)F)c4)CC3)n2c1. The topological polar surface area (TPSA) is 40.9 Å². The average molecular weight is 402 g/mol. The van der Waals surface area contributed by atoms with Crippen molar-refractivity contribution in [1.29, 1.82) is 0 Å². The van der Waals surface area contributed by atoms with Gasteiger partial charge in [-0.1, -0.05) is 12.1 Å². The lowest BCUT2D eigenvalue weighted by atomic mass is 10.1. The van der Waals surface area contributed by atoms with Crippen molar-refractivity contribution in [2.75, 3.05) is 31.1 Å². The van der Waals surface area contributed by atoms with E-state index in [4.69, 9.17) is 0 Å². The molecule has 0 saturated carbocycles. The maximum Gasteiger partial charge on any atom is 0.416 e. The second-order valence-corrected chi connectivity index (χ2v) is 7.31. The van der Waals surface area contributed by atoms with E-state index in [1.807, 2.05) is 41.5 Å². The Morgan fingerprint density at radius 1 is 1.03 bits per heavy atom. The number of pyridine rings is 1. The zero-order chi connectivity index (χ0) is 20.8. The smallest absolute Gasteiger partial charge is 0.368 e. The molecule has 4 rings (SSSR count). The van der Waals surface area contributed by atoms with E-state index in [9.17, 15) is 18.0 Å². The highest BCUT2D eigenvalue weighted by molar-refractivity contribution is 5.95. The molecule has 1 aliphatic heterocycles. The number of imidazole rings is 1. The summed E-state index contributed by atoms with van der Waals surface area (Å²) < 4.78 is 40.7. The number of carbonyl (C=O) groups excluding carboxylic acids is 1. The Bertz CT molecular complexity index is 1070. The molecule has 8 heteroatoms. The van der Waals surface area contributed by atoms with Gasteiger partial charge in [-0.25, -0.2) is 4.98 Å².